The summed E-state index contributed by atoms with van der Waals surface area (Å²) in [5, 5.41) is 19.6. The van der Waals surface area contributed by atoms with Crippen molar-refractivity contribution in [2.75, 3.05) is 18.4 Å². The molecule has 0 atom stereocenters. The number of aromatic nitrogens is 3. The van der Waals surface area contributed by atoms with Crippen molar-refractivity contribution in [1.29, 1.82) is 0 Å². The maximum Gasteiger partial charge on any atom is 0.147 e. The minimum Gasteiger partial charge on any atom is -0.344 e. The van der Waals surface area contributed by atoms with E-state index in [0.717, 1.165) is 70.2 Å². The lowest BCUT2D eigenvalue weighted by Gasteiger charge is -2.25. The first-order chi connectivity index (χ1) is 12.7. The van der Waals surface area contributed by atoms with E-state index in [2.05, 4.69) is 63.6 Å². The van der Waals surface area contributed by atoms with E-state index in [1.54, 1.807) is 11.3 Å². The van der Waals surface area contributed by atoms with Gasteiger partial charge in [0.2, 0.25) is 0 Å². The largest absolute Gasteiger partial charge is 0.344 e. The highest BCUT2D eigenvalue weighted by Gasteiger charge is 2.16. The summed E-state index contributed by atoms with van der Waals surface area (Å²) in [6.45, 7) is 8.45. The third-order valence-corrected chi connectivity index (χ3v) is 5.98. The van der Waals surface area contributed by atoms with Crippen LogP contribution in [0, 0.1) is 5.92 Å². The number of piperidine rings is 1. The van der Waals surface area contributed by atoms with Crippen molar-refractivity contribution >= 4 is 27.9 Å². The molecular formula is C20H23N5S. The molecule has 5 nitrogen and oxygen atoms in total. The van der Waals surface area contributed by atoms with Gasteiger partial charge in [0.25, 0.3) is 0 Å². The summed E-state index contributed by atoms with van der Waals surface area (Å²) < 4.78 is 0. The second kappa shape index (κ2) is 7.51. The first-order valence-electron chi connectivity index (χ1n) is 9.12. The number of benzene rings is 1. The fourth-order valence-corrected chi connectivity index (χ4v) is 4.07. The molecule has 0 amide bonds. The Labute approximate surface area is 157 Å². The number of hydrogen-bond acceptors (Lipinski definition) is 6. The second-order valence-electron chi connectivity index (χ2n) is 6.66. The highest BCUT2D eigenvalue weighted by Crippen LogP contribution is 2.29. The second-order valence-corrected chi connectivity index (χ2v) is 7.72. The van der Waals surface area contributed by atoms with Gasteiger partial charge in [0, 0.05) is 28.8 Å². The maximum absolute atomic E-state index is 4.55. The van der Waals surface area contributed by atoms with E-state index in [9.17, 15) is 0 Å². The van der Waals surface area contributed by atoms with Crippen molar-refractivity contribution in [2.45, 2.75) is 26.2 Å². The lowest BCUT2D eigenvalue weighted by atomic mass is 9.95. The number of pyridine rings is 1. The topological polar surface area (TPSA) is 62.7 Å². The zero-order chi connectivity index (χ0) is 17.9. The first kappa shape index (κ1) is 17.1. The molecule has 1 aliphatic rings. The van der Waals surface area contributed by atoms with E-state index < -0.39 is 0 Å². The number of aryl methyl sites for hydroxylation is 1. The molecular weight excluding hydrogens is 342 g/mol. The molecule has 3 heterocycles. The zero-order valence-corrected chi connectivity index (χ0v) is 15.8. The van der Waals surface area contributed by atoms with Gasteiger partial charge in [0.15, 0.2) is 0 Å². The highest BCUT2D eigenvalue weighted by atomic mass is 32.1. The minimum atomic E-state index is 0.508. The molecule has 1 saturated heterocycles. The lowest BCUT2D eigenvalue weighted by Crippen LogP contribution is -2.30. The van der Waals surface area contributed by atoms with Crippen LogP contribution in [0.4, 0.5) is 5.82 Å². The van der Waals surface area contributed by atoms with Crippen LogP contribution in [-0.4, -0.2) is 28.3 Å². The van der Waals surface area contributed by atoms with Gasteiger partial charge in [-0.25, -0.2) is 4.98 Å². The Morgan fingerprint density at radius 1 is 1.23 bits per heavy atom. The lowest BCUT2D eigenvalue weighted by molar-refractivity contribution is 0.422. The van der Waals surface area contributed by atoms with E-state index in [1.165, 1.54) is 0 Å². The van der Waals surface area contributed by atoms with E-state index >= 15 is 0 Å². The van der Waals surface area contributed by atoms with Crippen LogP contribution in [-0.2, 0) is 6.42 Å². The summed E-state index contributed by atoms with van der Waals surface area (Å²) in [6, 6.07) is 8.43. The van der Waals surface area contributed by atoms with Crippen LogP contribution in [0.1, 0.15) is 24.8 Å². The van der Waals surface area contributed by atoms with Crippen molar-refractivity contribution in [1.82, 2.24) is 20.5 Å². The Balaban J connectivity index is 1.58. The number of rotatable bonds is 5. The molecule has 26 heavy (non-hydrogen) atoms. The summed E-state index contributed by atoms with van der Waals surface area (Å²) in [4.78, 5) is 4.55. The number of hydrogen-bond donors (Lipinski definition) is 2. The predicted molar refractivity (Wildman–Crippen MR) is 108 cm³/mol. The van der Waals surface area contributed by atoms with Crippen LogP contribution in [0.15, 0.2) is 42.7 Å². The van der Waals surface area contributed by atoms with Gasteiger partial charge >= 0.3 is 0 Å². The van der Waals surface area contributed by atoms with E-state index in [1.807, 2.05) is 6.20 Å². The number of nitrogens with one attached hydrogen (secondary N) is 2. The van der Waals surface area contributed by atoms with Gasteiger partial charge in [-0.05, 0) is 49.9 Å². The average molecular weight is 366 g/mol. The molecule has 0 bridgehead atoms. The smallest absolute Gasteiger partial charge is 0.147 e. The molecule has 3 aromatic rings. The highest BCUT2D eigenvalue weighted by molar-refractivity contribution is 7.14. The predicted octanol–water partition coefficient (Wildman–Crippen LogP) is 4.24. The standard InChI is InChI=1S/C20H23N5S/c1-3-19-24-25-20(26-19)15-4-5-16-12-22-18(11-17(16)10-15)23-13(2)14-6-8-21-9-7-14/h4-5,10-12,14,21H,2-3,6-9H2,1H3,(H,22,23). The zero-order valence-electron chi connectivity index (χ0n) is 15.0. The molecule has 1 aromatic carbocycles. The molecule has 0 unspecified atom stereocenters. The van der Waals surface area contributed by atoms with Gasteiger partial charge in [-0.3, -0.25) is 0 Å². The molecule has 1 fully saturated rings. The van der Waals surface area contributed by atoms with Crippen LogP contribution in [0.2, 0.25) is 0 Å². The number of allylic oxidation sites excluding steroid dienone is 1. The van der Waals surface area contributed by atoms with Crippen LogP contribution in [0.25, 0.3) is 21.3 Å². The Kier molecular flexibility index (Phi) is 4.95. The normalized spacial score (nSPS) is 15.3. The molecule has 4 rings (SSSR count). The number of nitrogens with zero attached hydrogens (tertiary/aromatic N) is 3. The Morgan fingerprint density at radius 3 is 2.85 bits per heavy atom. The minimum absolute atomic E-state index is 0.508. The van der Waals surface area contributed by atoms with Gasteiger partial charge in [0.05, 0.1) is 0 Å². The van der Waals surface area contributed by atoms with Gasteiger partial charge in [0.1, 0.15) is 15.8 Å². The maximum atomic E-state index is 4.55. The summed E-state index contributed by atoms with van der Waals surface area (Å²) in [5.74, 6) is 1.36. The van der Waals surface area contributed by atoms with Gasteiger partial charge in [-0.1, -0.05) is 37.0 Å². The number of fused-ring (bicyclic) bond motifs is 1. The monoisotopic (exact) mass is 365 g/mol. The van der Waals surface area contributed by atoms with Crippen molar-refractivity contribution in [3.63, 3.8) is 0 Å². The third-order valence-electron chi connectivity index (χ3n) is 4.86. The van der Waals surface area contributed by atoms with Crippen molar-refractivity contribution in [3.8, 4) is 10.6 Å². The Morgan fingerprint density at radius 2 is 2.08 bits per heavy atom. The SMILES string of the molecule is C=C(Nc1cc2cc(-c3nnc(CC)s3)ccc2cn1)C1CCNCC1. The van der Waals surface area contributed by atoms with Crippen molar-refractivity contribution in [2.24, 2.45) is 5.92 Å². The fraction of sp³-hybridized carbons (Fsp3) is 0.350. The summed E-state index contributed by atoms with van der Waals surface area (Å²) in [5.41, 5.74) is 2.16. The average Bonchev–Trinajstić information content (AvgIpc) is 3.17. The summed E-state index contributed by atoms with van der Waals surface area (Å²) in [6.07, 6.45) is 5.08. The van der Waals surface area contributed by atoms with Crippen LogP contribution in [0.5, 0.6) is 0 Å². The van der Waals surface area contributed by atoms with Crippen molar-refractivity contribution in [3.05, 3.63) is 47.7 Å². The van der Waals surface area contributed by atoms with E-state index in [4.69, 9.17) is 0 Å². The molecule has 1 aliphatic heterocycles. The summed E-state index contributed by atoms with van der Waals surface area (Å²) >= 11 is 1.65. The fourth-order valence-electron chi connectivity index (χ4n) is 3.29. The molecule has 0 saturated carbocycles. The molecule has 0 spiro atoms. The Hall–Kier alpha value is -2.31. The molecule has 0 radical (unpaired) electrons. The van der Waals surface area contributed by atoms with E-state index in [0.29, 0.717) is 5.92 Å². The van der Waals surface area contributed by atoms with Gasteiger partial charge in [-0.15, -0.1) is 10.2 Å². The molecule has 134 valence electrons. The quantitative estimate of drug-likeness (QED) is 0.708. The Bertz CT molecular complexity index is 927. The van der Waals surface area contributed by atoms with Crippen LogP contribution >= 0.6 is 11.3 Å². The van der Waals surface area contributed by atoms with Gasteiger partial charge in [-0.2, -0.15) is 0 Å². The number of anilines is 1. The molecule has 0 aliphatic carbocycles. The molecule has 2 aromatic heterocycles. The molecule has 6 heteroatoms. The summed E-state index contributed by atoms with van der Waals surface area (Å²) in [7, 11) is 0. The van der Waals surface area contributed by atoms with Gasteiger partial charge < -0.3 is 10.6 Å². The third kappa shape index (κ3) is 3.61. The molecule has 2 N–H and O–H groups in total. The van der Waals surface area contributed by atoms with E-state index in [-0.39, 0.29) is 0 Å². The van der Waals surface area contributed by atoms with Crippen molar-refractivity contribution < 1.29 is 0 Å². The first-order valence-corrected chi connectivity index (χ1v) is 9.93. The van der Waals surface area contributed by atoms with Crippen LogP contribution < -0.4 is 10.6 Å². The van der Waals surface area contributed by atoms with Crippen LogP contribution in [0.3, 0.4) is 0 Å².